The standard InChI is InChI=1S/C18H22F2N4/c1-14(7-8-15-5-3-2-4-6-15)22-17-21-11-9-16(23-17)24-12-10-18(19,20)13-24/h2-6,9,11,14H,7-8,10,12-13H2,1H3,(H,21,22,23). The van der Waals surface area contributed by atoms with E-state index in [1.807, 2.05) is 18.2 Å². The Morgan fingerprint density at radius 2 is 2.04 bits per heavy atom. The molecule has 0 aliphatic carbocycles. The zero-order valence-corrected chi connectivity index (χ0v) is 13.8. The van der Waals surface area contributed by atoms with E-state index in [9.17, 15) is 8.78 Å². The lowest BCUT2D eigenvalue weighted by atomic mass is 10.1. The molecule has 0 bridgehead atoms. The van der Waals surface area contributed by atoms with Gasteiger partial charge >= 0.3 is 0 Å². The van der Waals surface area contributed by atoms with Gasteiger partial charge in [-0.15, -0.1) is 0 Å². The Kier molecular flexibility index (Phi) is 4.92. The molecule has 0 saturated carbocycles. The van der Waals surface area contributed by atoms with Gasteiger partial charge in [0.1, 0.15) is 5.82 Å². The minimum Gasteiger partial charge on any atom is -0.352 e. The van der Waals surface area contributed by atoms with Gasteiger partial charge in [0.15, 0.2) is 0 Å². The van der Waals surface area contributed by atoms with Crippen LogP contribution in [0.1, 0.15) is 25.3 Å². The molecule has 1 aliphatic heterocycles. The third-order valence-electron chi connectivity index (χ3n) is 4.22. The predicted molar refractivity (Wildman–Crippen MR) is 91.7 cm³/mol. The van der Waals surface area contributed by atoms with Crippen molar-refractivity contribution < 1.29 is 8.78 Å². The first-order valence-corrected chi connectivity index (χ1v) is 8.28. The second-order valence-corrected chi connectivity index (χ2v) is 6.34. The van der Waals surface area contributed by atoms with Crippen LogP contribution in [0.2, 0.25) is 0 Å². The molecule has 0 radical (unpaired) electrons. The first-order valence-electron chi connectivity index (χ1n) is 8.28. The average molecular weight is 332 g/mol. The topological polar surface area (TPSA) is 41.1 Å². The summed E-state index contributed by atoms with van der Waals surface area (Å²) in [5, 5.41) is 3.26. The lowest BCUT2D eigenvalue weighted by Gasteiger charge is -2.19. The summed E-state index contributed by atoms with van der Waals surface area (Å²) in [7, 11) is 0. The summed E-state index contributed by atoms with van der Waals surface area (Å²) in [5.74, 6) is -1.58. The van der Waals surface area contributed by atoms with Gasteiger partial charge in [0.2, 0.25) is 5.95 Å². The maximum absolute atomic E-state index is 13.4. The van der Waals surface area contributed by atoms with Crippen LogP contribution in [-0.4, -0.2) is 35.0 Å². The number of benzene rings is 1. The van der Waals surface area contributed by atoms with Gasteiger partial charge in [-0.05, 0) is 31.4 Å². The second kappa shape index (κ2) is 7.11. The molecule has 1 N–H and O–H groups in total. The van der Waals surface area contributed by atoms with Gasteiger partial charge in [0.25, 0.3) is 5.92 Å². The van der Waals surface area contributed by atoms with Crippen molar-refractivity contribution in [2.24, 2.45) is 0 Å². The molecule has 1 aliphatic rings. The number of alkyl halides is 2. The summed E-state index contributed by atoms with van der Waals surface area (Å²) in [6.07, 6.45) is 3.41. The first-order chi connectivity index (χ1) is 11.5. The van der Waals surface area contributed by atoms with E-state index in [1.165, 1.54) is 5.56 Å². The molecule has 1 aromatic heterocycles. The molecule has 1 saturated heterocycles. The van der Waals surface area contributed by atoms with Crippen LogP contribution >= 0.6 is 0 Å². The smallest absolute Gasteiger partial charge is 0.266 e. The van der Waals surface area contributed by atoms with Crippen LogP contribution in [0, 0.1) is 0 Å². The lowest BCUT2D eigenvalue weighted by molar-refractivity contribution is 0.0256. The number of nitrogens with zero attached hydrogens (tertiary/aromatic N) is 3. The van der Waals surface area contributed by atoms with E-state index < -0.39 is 5.92 Å². The van der Waals surface area contributed by atoms with Gasteiger partial charge in [-0.3, -0.25) is 0 Å². The Hall–Kier alpha value is -2.24. The lowest BCUT2D eigenvalue weighted by Crippen LogP contribution is -2.26. The highest BCUT2D eigenvalue weighted by Gasteiger charge is 2.38. The molecule has 24 heavy (non-hydrogen) atoms. The highest BCUT2D eigenvalue weighted by molar-refractivity contribution is 5.44. The number of hydrogen-bond donors (Lipinski definition) is 1. The Morgan fingerprint density at radius 1 is 1.25 bits per heavy atom. The summed E-state index contributed by atoms with van der Waals surface area (Å²) in [6.45, 7) is 2.13. The largest absolute Gasteiger partial charge is 0.352 e. The molecule has 2 heterocycles. The third kappa shape index (κ3) is 4.40. The van der Waals surface area contributed by atoms with Gasteiger partial charge in [-0.2, -0.15) is 4.98 Å². The Bertz CT molecular complexity index is 663. The number of halogens is 2. The fourth-order valence-electron chi connectivity index (χ4n) is 2.85. The van der Waals surface area contributed by atoms with Crippen molar-refractivity contribution in [2.75, 3.05) is 23.3 Å². The molecule has 1 unspecified atom stereocenters. The van der Waals surface area contributed by atoms with Crippen molar-refractivity contribution in [3.63, 3.8) is 0 Å². The van der Waals surface area contributed by atoms with E-state index in [4.69, 9.17) is 0 Å². The average Bonchev–Trinajstić information content (AvgIpc) is 2.94. The Labute approximate surface area is 140 Å². The Balaban J connectivity index is 1.56. The van der Waals surface area contributed by atoms with E-state index in [0.717, 1.165) is 12.8 Å². The van der Waals surface area contributed by atoms with E-state index in [0.29, 0.717) is 18.3 Å². The van der Waals surface area contributed by atoms with Gasteiger partial charge in [-0.25, -0.2) is 13.8 Å². The molecule has 1 fully saturated rings. The number of hydrogen-bond acceptors (Lipinski definition) is 4. The minimum absolute atomic E-state index is 0.118. The minimum atomic E-state index is -2.62. The maximum Gasteiger partial charge on any atom is 0.266 e. The molecule has 1 aromatic carbocycles. The van der Waals surface area contributed by atoms with E-state index >= 15 is 0 Å². The quantitative estimate of drug-likeness (QED) is 0.874. The molecule has 0 spiro atoms. The highest BCUT2D eigenvalue weighted by atomic mass is 19.3. The SMILES string of the molecule is CC(CCc1ccccc1)Nc1nccc(N2CCC(F)(F)C2)n1. The van der Waals surface area contributed by atoms with Crippen LogP contribution in [0.4, 0.5) is 20.5 Å². The fraction of sp³-hybridized carbons (Fsp3) is 0.444. The van der Waals surface area contributed by atoms with Gasteiger partial charge in [0.05, 0.1) is 6.54 Å². The van der Waals surface area contributed by atoms with Crippen molar-refractivity contribution in [3.8, 4) is 0 Å². The normalized spacial score (nSPS) is 17.7. The van der Waals surface area contributed by atoms with Crippen LogP contribution in [0.3, 0.4) is 0 Å². The zero-order chi connectivity index (χ0) is 17.0. The van der Waals surface area contributed by atoms with E-state index in [1.54, 1.807) is 17.2 Å². The summed E-state index contributed by atoms with van der Waals surface area (Å²) >= 11 is 0. The molecule has 2 aromatic rings. The first kappa shape index (κ1) is 16.6. The third-order valence-corrected chi connectivity index (χ3v) is 4.22. The number of rotatable bonds is 6. The molecule has 4 nitrogen and oxygen atoms in total. The highest BCUT2D eigenvalue weighted by Crippen LogP contribution is 2.29. The van der Waals surface area contributed by atoms with E-state index in [2.05, 4.69) is 34.3 Å². The summed E-state index contributed by atoms with van der Waals surface area (Å²) < 4.78 is 26.7. The zero-order valence-electron chi connectivity index (χ0n) is 13.8. The van der Waals surface area contributed by atoms with Crippen molar-refractivity contribution in [1.82, 2.24) is 9.97 Å². The molecule has 3 rings (SSSR count). The number of aryl methyl sites for hydroxylation is 1. The number of anilines is 2. The van der Waals surface area contributed by atoms with Crippen molar-refractivity contribution in [2.45, 2.75) is 38.2 Å². The summed E-state index contributed by atoms with van der Waals surface area (Å²) in [6, 6.07) is 12.2. The Morgan fingerprint density at radius 3 is 2.75 bits per heavy atom. The molecular weight excluding hydrogens is 310 g/mol. The van der Waals surface area contributed by atoms with Crippen LogP contribution < -0.4 is 10.2 Å². The van der Waals surface area contributed by atoms with E-state index in [-0.39, 0.29) is 19.0 Å². The maximum atomic E-state index is 13.4. The second-order valence-electron chi connectivity index (χ2n) is 6.34. The van der Waals surface area contributed by atoms with Crippen molar-refractivity contribution in [3.05, 3.63) is 48.2 Å². The molecule has 6 heteroatoms. The summed E-state index contributed by atoms with van der Waals surface area (Å²) in [5.41, 5.74) is 1.29. The van der Waals surface area contributed by atoms with Crippen LogP contribution in [0.5, 0.6) is 0 Å². The molecule has 1 atom stereocenters. The van der Waals surface area contributed by atoms with Crippen LogP contribution in [-0.2, 0) is 6.42 Å². The van der Waals surface area contributed by atoms with Crippen molar-refractivity contribution in [1.29, 1.82) is 0 Å². The number of nitrogens with one attached hydrogen (secondary N) is 1. The fourth-order valence-corrected chi connectivity index (χ4v) is 2.85. The predicted octanol–water partition coefficient (Wildman–Crippen LogP) is 3.76. The summed E-state index contributed by atoms with van der Waals surface area (Å²) in [4.78, 5) is 10.2. The van der Waals surface area contributed by atoms with Crippen molar-refractivity contribution >= 4 is 11.8 Å². The van der Waals surface area contributed by atoms with Crippen LogP contribution in [0.15, 0.2) is 42.6 Å². The monoisotopic (exact) mass is 332 g/mol. The van der Waals surface area contributed by atoms with Gasteiger partial charge in [-0.1, -0.05) is 30.3 Å². The molecular formula is C18H22F2N4. The van der Waals surface area contributed by atoms with Gasteiger partial charge < -0.3 is 10.2 Å². The molecule has 128 valence electrons. The number of aromatic nitrogens is 2. The van der Waals surface area contributed by atoms with Gasteiger partial charge in [0, 0.05) is 25.2 Å². The molecule has 0 amide bonds. The van der Waals surface area contributed by atoms with Crippen LogP contribution in [0.25, 0.3) is 0 Å².